The highest BCUT2D eigenvalue weighted by Crippen LogP contribution is 2.35. The van der Waals surface area contributed by atoms with Gasteiger partial charge in [-0.1, -0.05) is 40.2 Å². The topological polar surface area (TPSA) is 61.8 Å². The van der Waals surface area contributed by atoms with Gasteiger partial charge >= 0.3 is 0 Å². The largest absolute Gasteiger partial charge is 0.494 e. The molecule has 1 aliphatic rings. The van der Waals surface area contributed by atoms with E-state index >= 15 is 0 Å². The van der Waals surface area contributed by atoms with Gasteiger partial charge in [0.25, 0.3) is 0 Å². The molecular weight excluding hydrogens is 460 g/mol. The number of ether oxygens (including phenoxy) is 3. The highest BCUT2D eigenvalue weighted by molar-refractivity contribution is 9.10. The molecule has 0 radical (unpaired) electrons. The summed E-state index contributed by atoms with van der Waals surface area (Å²) in [7, 11) is 0. The van der Waals surface area contributed by atoms with Crippen molar-refractivity contribution >= 4 is 33.6 Å². The van der Waals surface area contributed by atoms with Crippen LogP contribution >= 0.6 is 15.9 Å². The fourth-order valence-electron chi connectivity index (χ4n) is 3.10. The van der Waals surface area contributed by atoms with Gasteiger partial charge in [0, 0.05) is 16.1 Å². The van der Waals surface area contributed by atoms with Gasteiger partial charge in [-0.3, -0.25) is 9.59 Å². The molecule has 156 valence electrons. The molecule has 0 unspecified atom stereocenters. The molecule has 4 rings (SSSR count). The fraction of sp³-hybridized carbons (Fsp3) is 0.120. The molecule has 0 amide bonds. The maximum atomic E-state index is 12.6. The molecule has 0 aliphatic carbocycles. The monoisotopic (exact) mass is 478 g/mol. The smallest absolute Gasteiger partial charge is 0.231 e. The van der Waals surface area contributed by atoms with E-state index < -0.39 is 0 Å². The van der Waals surface area contributed by atoms with Crippen molar-refractivity contribution < 1.29 is 23.8 Å². The van der Waals surface area contributed by atoms with E-state index in [9.17, 15) is 9.59 Å². The Bertz CT molecular complexity index is 1150. The first-order valence-electron chi connectivity index (χ1n) is 9.76. The van der Waals surface area contributed by atoms with Crippen LogP contribution in [-0.2, 0) is 0 Å². The molecule has 6 heteroatoms. The van der Waals surface area contributed by atoms with E-state index in [1.165, 1.54) is 0 Å². The van der Waals surface area contributed by atoms with Gasteiger partial charge < -0.3 is 14.2 Å². The second kappa shape index (κ2) is 9.18. The van der Waals surface area contributed by atoms with E-state index in [1.807, 2.05) is 31.2 Å². The number of carbonyl (C=O) groups is 2. The third kappa shape index (κ3) is 4.86. The lowest BCUT2D eigenvalue weighted by Crippen LogP contribution is -2.11. The summed E-state index contributed by atoms with van der Waals surface area (Å²) in [5.74, 6) is 1.55. The van der Waals surface area contributed by atoms with Gasteiger partial charge in [0.05, 0.1) is 12.2 Å². The van der Waals surface area contributed by atoms with Crippen LogP contribution in [0, 0.1) is 0 Å². The quantitative estimate of drug-likeness (QED) is 0.320. The van der Waals surface area contributed by atoms with Crippen molar-refractivity contribution in [2.24, 2.45) is 0 Å². The van der Waals surface area contributed by atoms with Gasteiger partial charge in [0.2, 0.25) is 5.78 Å². The Labute approximate surface area is 188 Å². The number of fused-ring (bicyclic) bond motifs is 1. The number of carbonyl (C=O) groups excluding carboxylic acids is 2. The van der Waals surface area contributed by atoms with E-state index in [2.05, 4.69) is 15.9 Å². The SMILES string of the molecule is CCOc1ccc(/C=C2\Oc3cc(OCC(=O)c4ccc(Br)cc4)ccc3C2=O)cc1. The standard InChI is InChI=1S/C25H19BrO5/c1-2-29-19-9-3-16(4-10-19)13-24-25(28)21-12-11-20(14-23(21)31-24)30-15-22(27)17-5-7-18(26)8-6-17/h3-14H,2,15H2,1H3/b24-13-. The highest BCUT2D eigenvalue weighted by Gasteiger charge is 2.27. The van der Waals surface area contributed by atoms with Crippen molar-refractivity contribution in [1.29, 1.82) is 0 Å². The summed E-state index contributed by atoms with van der Waals surface area (Å²) in [6.07, 6.45) is 1.69. The minimum absolute atomic E-state index is 0.108. The van der Waals surface area contributed by atoms with Crippen molar-refractivity contribution in [3.05, 3.63) is 93.7 Å². The molecule has 3 aromatic rings. The van der Waals surface area contributed by atoms with E-state index in [0.29, 0.717) is 29.2 Å². The number of rotatable bonds is 7. The van der Waals surface area contributed by atoms with Crippen LogP contribution in [-0.4, -0.2) is 24.8 Å². The third-order valence-corrected chi connectivity index (χ3v) is 5.20. The van der Waals surface area contributed by atoms with Crippen LogP contribution in [0.5, 0.6) is 17.2 Å². The number of hydrogen-bond donors (Lipinski definition) is 0. The zero-order valence-electron chi connectivity index (χ0n) is 16.8. The van der Waals surface area contributed by atoms with Crippen molar-refractivity contribution in [3.63, 3.8) is 0 Å². The maximum absolute atomic E-state index is 12.6. The van der Waals surface area contributed by atoms with E-state index in [1.54, 1.807) is 48.5 Å². The Morgan fingerprint density at radius 3 is 2.39 bits per heavy atom. The fourth-order valence-corrected chi connectivity index (χ4v) is 3.37. The normalized spacial score (nSPS) is 13.6. The second-order valence-corrected chi connectivity index (χ2v) is 7.73. The van der Waals surface area contributed by atoms with Crippen LogP contribution in [0.25, 0.3) is 6.08 Å². The molecule has 0 aromatic heterocycles. The summed E-state index contributed by atoms with van der Waals surface area (Å²) in [5.41, 5.74) is 1.86. The van der Waals surface area contributed by atoms with Crippen LogP contribution in [0.4, 0.5) is 0 Å². The second-order valence-electron chi connectivity index (χ2n) is 6.82. The lowest BCUT2D eigenvalue weighted by Gasteiger charge is -2.07. The van der Waals surface area contributed by atoms with Gasteiger partial charge in [0.1, 0.15) is 17.2 Å². The van der Waals surface area contributed by atoms with Gasteiger partial charge in [-0.05, 0) is 55.0 Å². The first-order valence-corrected chi connectivity index (χ1v) is 10.6. The molecule has 1 heterocycles. The maximum Gasteiger partial charge on any atom is 0.231 e. The predicted octanol–water partition coefficient (Wildman–Crippen LogP) is 5.73. The van der Waals surface area contributed by atoms with Crippen molar-refractivity contribution in [1.82, 2.24) is 0 Å². The number of Topliss-reactive ketones (excluding diaryl/α,β-unsaturated/α-hetero) is 2. The number of allylic oxidation sites excluding steroid dienone is 1. The summed E-state index contributed by atoms with van der Waals surface area (Å²) in [5, 5.41) is 0. The molecule has 0 bridgehead atoms. The van der Waals surface area contributed by atoms with E-state index in [-0.39, 0.29) is 23.9 Å². The Morgan fingerprint density at radius 2 is 1.68 bits per heavy atom. The molecule has 0 saturated heterocycles. The summed E-state index contributed by atoms with van der Waals surface area (Å²) in [6, 6.07) is 19.4. The zero-order valence-corrected chi connectivity index (χ0v) is 18.3. The zero-order chi connectivity index (χ0) is 21.8. The average molecular weight is 479 g/mol. The van der Waals surface area contributed by atoms with Crippen LogP contribution in [0.15, 0.2) is 77.0 Å². The highest BCUT2D eigenvalue weighted by atomic mass is 79.9. The first kappa shape index (κ1) is 20.9. The molecule has 1 aliphatic heterocycles. The molecule has 0 saturated carbocycles. The minimum atomic E-state index is -0.193. The Kier molecular flexibility index (Phi) is 6.18. The first-order chi connectivity index (χ1) is 15.0. The van der Waals surface area contributed by atoms with Crippen molar-refractivity contribution in [2.45, 2.75) is 6.92 Å². The van der Waals surface area contributed by atoms with Crippen LogP contribution in [0.1, 0.15) is 33.2 Å². The van der Waals surface area contributed by atoms with Crippen LogP contribution in [0.2, 0.25) is 0 Å². The summed E-state index contributed by atoms with van der Waals surface area (Å²) >= 11 is 3.34. The number of benzene rings is 3. The Morgan fingerprint density at radius 1 is 0.968 bits per heavy atom. The molecule has 31 heavy (non-hydrogen) atoms. The molecular formula is C25H19BrO5. The number of ketones is 2. The average Bonchev–Trinajstić information content (AvgIpc) is 3.08. The lowest BCUT2D eigenvalue weighted by molar-refractivity contribution is 0.0921. The summed E-state index contributed by atoms with van der Waals surface area (Å²) < 4.78 is 17.7. The third-order valence-electron chi connectivity index (χ3n) is 4.67. The molecule has 5 nitrogen and oxygen atoms in total. The van der Waals surface area contributed by atoms with Crippen molar-refractivity contribution in [2.75, 3.05) is 13.2 Å². The molecule has 0 N–H and O–H groups in total. The number of hydrogen-bond acceptors (Lipinski definition) is 5. The van der Waals surface area contributed by atoms with Gasteiger partial charge in [-0.25, -0.2) is 0 Å². The predicted molar refractivity (Wildman–Crippen MR) is 121 cm³/mol. The van der Waals surface area contributed by atoms with E-state index in [4.69, 9.17) is 14.2 Å². The van der Waals surface area contributed by atoms with E-state index in [0.717, 1.165) is 15.8 Å². The van der Waals surface area contributed by atoms with Gasteiger partial charge in [-0.15, -0.1) is 0 Å². The Balaban J connectivity index is 1.44. The van der Waals surface area contributed by atoms with Crippen LogP contribution < -0.4 is 14.2 Å². The van der Waals surface area contributed by atoms with Crippen molar-refractivity contribution in [3.8, 4) is 17.2 Å². The molecule has 3 aromatic carbocycles. The molecule has 0 spiro atoms. The lowest BCUT2D eigenvalue weighted by atomic mass is 10.1. The van der Waals surface area contributed by atoms with Gasteiger partial charge in [0.15, 0.2) is 18.1 Å². The Hall–Kier alpha value is -3.38. The minimum Gasteiger partial charge on any atom is -0.494 e. The summed E-state index contributed by atoms with van der Waals surface area (Å²) in [4.78, 5) is 24.9. The molecule has 0 atom stereocenters. The number of halogens is 1. The molecule has 0 fully saturated rings. The van der Waals surface area contributed by atoms with Crippen LogP contribution in [0.3, 0.4) is 0 Å². The summed E-state index contributed by atoms with van der Waals surface area (Å²) in [6.45, 7) is 2.41. The van der Waals surface area contributed by atoms with Gasteiger partial charge in [-0.2, -0.15) is 0 Å².